The first-order valence-electron chi connectivity index (χ1n) is 5.19. The average molecular weight is 237 g/mol. The van der Waals surface area contributed by atoms with Gasteiger partial charge in [0.25, 0.3) is 0 Å². The van der Waals surface area contributed by atoms with Crippen LogP contribution in [0.1, 0.15) is 23.2 Å². The predicted octanol–water partition coefficient (Wildman–Crippen LogP) is -0.215. The van der Waals surface area contributed by atoms with Crippen molar-refractivity contribution < 1.29 is 14.7 Å². The molecule has 0 saturated heterocycles. The number of aliphatic carboxylic acids is 1. The smallest absolute Gasteiger partial charge is 0.331 e. The minimum absolute atomic E-state index is 0.0139. The molecule has 6 nitrogen and oxygen atoms in total. The number of carbonyl (C=O) groups is 2. The minimum atomic E-state index is -1.92. The van der Waals surface area contributed by atoms with E-state index in [4.69, 9.17) is 16.6 Å². The SMILES string of the molecule is NCCC[C@](N)(C(=O)O)C(=O)c1ccncc1. The Bertz CT molecular complexity index is 408. The van der Waals surface area contributed by atoms with E-state index < -0.39 is 17.3 Å². The second kappa shape index (κ2) is 5.51. The Morgan fingerprint density at radius 3 is 2.41 bits per heavy atom. The summed E-state index contributed by atoms with van der Waals surface area (Å²) in [5, 5.41) is 9.09. The molecule has 1 aromatic rings. The molecule has 0 fully saturated rings. The van der Waals surface area contributed by atoms with Gasteiger partial charge in [0.05, 0.1) is 0 Å². The highest BCUT2D eigenvalue weighted by Gasteiger charge is 2.41. The summed E-state index contributed by atoms with van der Waals surface area (Å²) in [7, 11) is 0. The Morgan fingerprint density at radius 1 is 1.35 bits per heavy atom. The van der Waals surface area contributed by atoms with E-state index in [-0.39, 0.29) is 18.5 Å². The molecule has 1 rings (SSSR count). The molecular weight excluding hydrogens is 222 g/mol. The Balaban J connectivity index is 2.99. The van der Waals surface area contributed by atoms with Crippen LogP contribution in [0.5, 0.6) is 0 Å². The van der Waals surface area contributed by atoms with Crippen LogP contribution in [0.25, 0.3) is 0 Å². The van der Waals surface area contributed by atoms with Crippen LogP contribution in [0.15, 0.2) is 24.5 Å². The highest BCUT2D eigenvalue weighted by atomic mass is 16.4. The number of ketones is 1. The van der Waals surface area contributed by atoms with Gasteiger partial charge in [-0.25, -0.2) is 4.79 Å². The number of carboxylic acids is 1. The number of hydrogen-bond acceptors (Lipinski definition) is 5. The zero-order chi connectivity index (χ0) is 12.9. The molecule has 0 unspecified atom stereocenters. The molecule has 1 aromatic heterocycles. The van der Waals surface area contributed by atoms with Crippen LogP contribution in [-0.2, 0) is 4.79 Å². The normalized spacial score (nSPS) is 14.0. The fraction of sp³-hybridized carbons (Fsp3) is 0.364. The lowest BCUT2D eigenvalue weighted by Crippen LogP contribution is -2.55. The van der Waals surface area contributed by atoms with Crippen molar-refractivity contribution in [2.24, 2.45) is 11.5 Å². The van der Waals surface area contributed by atoms with Crippen molar-refractivity contribution in [3.05, 3.63) is 30.1 Å². The third kappa shape index (κ3) is 2.86. The molecule has 0 radical (unpaired) electrons. The molecule has 0 aliphatic carbocycles. The van der Waals surface area contributed by atoms with Crippen molar-refractivity contribution in [2.75, 3.05) is 6.54 Å². The zero-order valence-electron chi connectivity index (χ0n) is 9.30. The van der Waals surface area contributed by atoms with Crippen molar-refractivity contribution in [3.8, 4) is 0 Å². The van der Waals surface area contributed by atoms with Crippen molar-refractivity contribution >= 4 is 11.8 Å². The predicted molar refractivity (Wildman–Crippen MR) is 61.4 cm³/mol. The van der Waals surface area contributed by atoms with Crippen molar-refractivity contribution in [3.63, 3.8) is 0 Å². The molecule has 0 bridgehead atoms. The molecule has 92 valence electrons. The third-order valence-corrected chi connectivity index (χ3v) is 2.50. The number of carbonyl (C=O) groups excluding carboxylic acids is 1. The van der Waals surface area contributed by atoms with E-state index in [2.05, 4.69) is 4.98 Å². The molecule has 0 aromatic carbocycles. The number of Topliss-reactive ketones (excluding diaryl/α,β-unsaturated/α-hetero) is 1. The zero-order valence-corrected chi connectivity index (χ0v) is 9.30. The second-order valence-electron chi connectivity index (χ2n) is 3.73. The lowest BCUT2D eigenvalue weighted by molar-refractivity contribution is -0.141. The Kier molecular flexibility index (Phi) is 4.30. The molecule has 0 aliphatic rings. The Hall–Kier alpha value is -1.79. The van der Waals surface area contributed by atoms with Gasteiger partial charge in [-0.05, 0) is 31.5 Å². The number of rotatable bonds is 6. The number of hydrogen-bond donors (Lipinski definition) is 3. The molecule has 1 heterocycles. The van der Waals surface area contributed by atoms with E-state index in [1.807, 2.05) is 0 Å². The average Bonchev–Trinajstić information content (AvgIpc) is 2.35. The standard InChI is InChI=1S/C11H15N3O3/c12-5-1-4-11(13,10(16)17)9(15)8-2-6-14-7-3-8/h2-3,6-7H,1,4-5,12-13H2,(H,16,17)/t11-/m1/s1. The molecular formula is C11H15N3O3. The summed E-state index contributed by atoms with van der Waals surface area (Å²) < 4.78 is 0. The van der Waals surface area contributed by atoms with Crippen molar-refractivity contribution in [1.82, 2.24) is 4.98 Å². The van der Waals surface area contributed by atoms with E-state index >= 15 is 0 Å². The van der Waals surface area contributed by atoms with Gasteiger partial charge in [0, 0.05) is 18.0 Å². The molecule has 0 amide bonds. The maximum Gasteiger partial charge on any atom is 0.331 e. The maximum atomic E-state index is 12.0. The van der Waals surface area contributed by atoms with Crippen LogP contribution in [0.2, 0.25) is 0 Å². The molecule has 5 N–H and O–H groups in total. The van der Waals surface area contributed by atoms with Gasteiger partial charge < -0.3 is 16.6 Å². The second-order valence-corrected chi connectivity index (χ2v) is 3.73. The van der Waals surface area contributed by atoms with Crippen LogP contribution < -0.4 is 11.5 Å². The topological polar surface area (TPSA) is 119 Å². The summed E-state index contributed by atoms with van der Waals surface area (Å²) in [6, 6.07) is 2.88. The number of pyridine rings is 1. The quantitative estimate of drug-likeness (QED) is 0.465. The van der Waals surface area contributed by atoms with E-state index in [0.717, 1.165) is 0 Å². The molecule has 6 heteroatoms. The van der Waals surface area contributed by atoms with Crippen LogP contribution in [0, 0.1) is 0 Å². The minimum Gasteiger partial charge on any atom is -0.480 e. The number of nitrogens with two attached hydrogens (primary N) is 2. The molecule has 0 spiro atoms. The fourth-order valence-corrected chi connectivity index (χ4v) is 1.46. The Labute approximate surface area is 98.6 Å². The van der Waals surface area contributed by atoms with Gasteiger partial charge in [0.15, 0.2) is 11.3 Å². The van der Waals surface area contributed by atoms with Crippen molar-refractivity contribution in [1.29, 1.82) is 0 Å². The van der Waals surface area contributed by atoms with E-state index in [9.17, 15) is 9.59 Å². The van der Waals surface area contributed by atoms with Gasteiger partial charge in [0.2, 0.25) is 0 Å². The number of nitrogens with zero attached hydrogens (tertiary/aromatic N) is 1. The van der Waals surface area contributed by atoms with Gasteiger partial charge in [-0.3, -0.25) is 9.78 Å². The van der Waals surface area contributed by atoms with Gasteiger partial charge in [0.1, 0.15) is 0 Å². The third-order valence-electron chi connectivity index (χ3n) is 2.50. The first-order chi connectivity index (χ1) is 8.02. The molecule has 0 saturated carbocycles. The van der Waals surface area contributed by atoms with E-state index in [1.165, 1.54) is 24.5 Å². The molecule has 1 atom stereocenters. The lowest BCUT2D eigenvalue weighted by Gasteiger charge is -2.22. The molecule has 0 aliphatic heterocycles. The van der Waals surface area contributed by atoms with Crippen LogP contribution in [-0.4, -0.2) is 33.9 Å². The van der Waals surface area contributed by atoms with Crippen LogP contribution >= 0.6 is 0 Å². The van der Waals surface area contributed by atoms with Gasteiger partial charge in [-0.2, -0.15) is 0 Å². The summed E-state index contributed by atoms with van der Waals surface area (Å²) in [6.07, 6.45) is 3.22. The van der Waals surface area contributed by atoms with Crippen molar-refractivity contribution in [2.45, 2.75) is 18.4 Å². The lowest BCUT2D eigenvalue weighted by atomic mass is 9.86. The maximum absolute atomic E-state index is 12.0. The van der Waals surface area contributed by atoms with Gasteiger partial charge in [-0.15, -0.1) is 0 Å². The number of carboxylic acid groups (broad SMARTS) is 1. The first kappa shape index (κ1) is 13.3. The summed E-state index contributed by atoms with van der Waals surface area (Å²) in [6.45, 7) is 0.288. The number of aromatic nitrogens is 1. The monoisotopic (exact) mass is 237 g/mol. The first-order valence-corrected chi connectivity index (χ1v) is 5.19. The van der Waals surface area contributed by atoms with E-state index in [0.29, 0.717) is 6.42 Å². The highest BCUT2D eigenvalue weighted by molar-refractivity contribution is 6.15. The van der Waals surface area contributed by atoms with Crippen LogP contribution in [0.3, 0.4) is 0 Å². The fourth-order valence-electron chi connectivity index (χ4n) is 1.46. The van der Waals surface area contributed by atoms with Gasteiger partial charge in [-0.1, -0.05) is 0 Å². The summed E-state index contributed by atoms with van der Waals surface area (Å²) in [4.78, 5) is 26.9. The largest absolute Gasteiger partial charge is 0.480 e. The Morgan fingerprint density at radius 2 is 1.94 bits per heavy atom. The summed E-state index contributed by atoms with van der Waals surface area (Å²) in [5.41, 5.74) is 9.30. The molecule has 17 heavy (non-hydrogen) atoms. The van der Waals surface area contributed by atoms with Gasteiger partial charge >= 0.3 is 5.97 Å². The summed E-state index contributed by atoms with van der Waals surface area (Å²) >= 11 is 0. The highest BCUT2D eigenvalue weighted by Crippen LogP contribution is 2.16. The van der Waals surface area contributed by atoms with E-state index in [1.54, 1.807) is 0 Å². The summed E-state index contributed by atoms with van der Waals surface area (Å²) in [5.74, 6) is -1.96. The van der Waals surface area contributed by atoms with Crippen LogP contribution in [0.4, 0.5) is 0 Å².